The Balaban J connectivity index is 0.000000921. The third kappa shape index (κ3) is 5.79. The largest absolute Gasteiger partial charge is 0.512 e. The molecule has 2 nitrogen and oxygen atoms in total. The Hall–Kier alpha value is -0.550. The number of likely N-dealkylation sites (tertiary alicyclic amines) is 1. The molecule has 1 N–H and O–H groups in total. The highest BCUT2D eigenvalue weighted by molar-refractivity contribution is 4.60. The lowest BCUT2D eigenvalue weighted by Gasteiger charge is -2.19. The van der Waals surface area contributed by atoms with E-state index in [0.29, 0.717) is 0 Å². The number of rotatable bonds is 6. The standard InChI is InChI=1S/C12H25N.CN/c1-3-5-6-7-10-13-11-8-9-12(13)4-2;1-2/h12H,3-11H2,1-2H3;/q;-1/p+1. The first kappa shape index (κ1) is 14.5. The molecule has 1 fully saturated rings. The lowest BCUT2D eigenvalue weighted by atomic mass is 10.1. The Morgan fingerprint density at radius 3 is 2.53 bits per heavy atom. The molecule has 1 rings (SSSR count). The van der Waals surface area contributed by atoms with Crippen molar-refractivity contribution in [2.24, 2.45) is 0 Å². The zero-order valence-corrected chi connectivity index (χ0v) is 10.4. The quantitative estimate of drug-likeness (QED) is 0.528. The molecular weight excluding hydrogens is 184 g/mol. The molecule has 1 aliphatic heterocycles. The van der Waals surface area contributed by atoms with Crippen LogP contribution in [0.1, 0.15) is 58.8 Å². The van der Waals surface area contributed by atoms with Gasteiger partial charge >= 0.3 is 0 Å². The molecule has 1 aliphatic rings. The van der Waals surface area contributed by atoms with Crippen molar-refractivity contribution < 1.29 is 4.90 Å². The SMILES string of the molecule is CCCCCC[NH+]1CCCC1CC.[C-]#N. The second-order valence-electron chi connectivity index (χ2n) is 4.47. The number of unbranched alkanes of at least 4 members (excludes halogenated alkanes) is 3. The summed E-state index contributed by atoms with van der Waals surface area (Å²) in [6.45, 7) is 12.3. The molecule has 2 unspecified atom stereocenters. The van der Waals surface area contributed by atoms with Crippen molar-refractivity contribution in [3.63, 3.8) is 0 Å². The Morgan fingerprint density at radius 1 is 1.20 bits per heavy atom. The van der Waals surface area contributed by atoms with Crippen LogP contribution in [-0.2, 0) is 0 Å². The minimum atomic E-state index is 1.00. The Bertz CT molecular complexity index is 154. The Kier molecular flexibility index (Phi) is 9.62. The predicted molar refractivity (Wildman–Crippen MR) is 63.1 cm³/mol. The van der Waals surface area contributed by atoms with Crippen LogP contribution in [0, 0.1) is 11.8 Å². The maximum absolute atomic E-state index is 6.25. The van der Waals surface area contributed by atoms with Gasteiger partial charge < -0.3 is 16.7 Å². The van der Waals surface area contributed by atoms with Crippen LogP contribution >= 0.6 is 0 Å². The molecule has 15 heavy (non-hydrogen) atoms. The molecule has 0 aromatic carbocycles. The molecular formula is C13H26N2. The number of quaternary nitrogens is 1. The second-order valence-corrected chi connectivity index (χ2v) is 4.47. The average Bonchev–Trinajstić information content (AvgIpc) is 2.74. The minimum absolute atomic E-state index is 1.00. The summed E-state index contributed by atoms with van der Waals surface area (Å²) in [7, 11) is 0. The van der Waals surface area contributed by atoms with Gasteiger partial charge in [0.05, 0.1) is 19.1 Å². The Labute approximate surface area is 95.3 Å². The fourth-order valence-electron chi connectivity index (χ4n) is 2.58. The molecule has 0 aromatic rings. The van der Waals surface area contributed by atoms with Crippen LogP contribution in [0.25, 0.3) is 0 Å². The highest BCUT2D eigenvalue weighted by atomic mass is 15.2. The predicted octanol–water partition coefficient (Wildman–Crippen LogP) is 2.12. The molecule has 0 aromatic heterocycles. The normalized spacial score (nSPS) is 24.5. The van der Waals surface area contributed by atoms with Crippen molar-refractivity contribution in [2.45, 2.75) is 64.8 Å². The summed E-state index contributed by atoms with van der Waals surface area (Å²) in [6.07, 6.45) is 10.1. The van der Waals surface area contributed by atoms with E-state index in [1.807, 2.05) is 4.90 Å². The number of hydrogen-bond acceptors (Lipinski definition) is 1. The molecule has 88 valence electrons. The molecule has 1 heterocycles. The topological polar surface area (TPSA) is 28.2 Å². The van der Waals surface area contributed by atoms with Gasteiger partial charge in [0, 0.05) is 12.8 Å². The monoisotopic (exact) mass is 210 g/mol. The zero-order valence-electron chi connectivity index (χ0n) is 10.4. The summed E-state index contributed by atoms with van der Waals surface area (Å²) in [4.78, 5) is 1.90. The zero-order chi connectivity index (χ0) is 11.5. The van der Waals surface area contributed by atoms with Gasteiger partial charge in [0.1, 0.15) is 0 Å². The van der Waals surface area contributed by atoms with Crippen LogP contribution in [0.4, 0.5) is 0 Å². The van der Waals surface area contributed by atoms with E-state index >= 15 is 0 Å². The van der Waals surface area contributed by atoms with Gasteiger partial charge in [-0.1, -0.05) is 26.7 Å². The number of hydrogen-bond donors (Lipinski definition) is 1. The van der Waals surface area contributed by atoms with Gasteiger partial charge in [0.15, 0.2) is 0 Å². The van der Waals surface area contributed by atoms with E-state index in [4.69, 9.17) is 11.8 Å². The highest BCUT2D eigenvalue weighted by Crippen LogP contribution is 2.04. The van der Waals surface area contributed by atoms with E-state index < -0.39 is 0 Å². The van der Waals surface area contributed by atoms with E-state index in [0.717, 1.165) is 6.04 Å². The maximum Gasteiger partial charge on any atom is 0.0874 e. The van der Waals surface area contributed by atoms with Crippen LogP contribution in [0.2, 0.25) is 0 Å². The Morgan fingerprint density at radius 2 is 1.93 bits per heavy atom. The molecule has 0 radical (unpaired) electrons. The van der Waals surface area contributed by atoms with Gasteiger partial charge in [-0.25, -0.2) is 0 Å². The van der Waals surface area contributed by atoms with Crippen molar-refractivity contribution in [1.29, 1.82) is 5.26 Å². The van der Waals surface area contributed by atoms with Crippen molar-refractivity contribution in [3.05, 3.63) is 6.57 Å². The maximum atomic E-state index is 6.25. The fourth-order valence-corrected chi connectivity index (χ4v) is 2.58. The van der Waals surface area contributed by atoms with Crippen molar-refractivity contribution in [3.8, 4) is 0 Å². The molecule has 0 bridgehead atoms. The van der Waals surface area contributed by atoms with Gasteiger partial charge in [-0.15, -0.1) is 0 Å². The van der Waals surface area contributed by atoms with E-state index in [9.17, 15) is 0 Å². The number of nitrogens with zero attached hydrogens (tertiary/aromatic N) is 1. The van der Waals surface area contributed by atoms with Crippen molar-refractivity contribution in [2.75, 3.05) is 13.1 Å². The first-order valence-electron chi connectivity index (χ1n) is 6.45. The minimum Gasteiger partial charge on any atom is -0.512 e. The van der Waals surface area contributed by atoms with Crippen molar-refractivity contribution >= 4 is 0 Å². The fraction of sp³-hybridized carbons (Fsp3) is 0.923. The van der Waals surface area contributed by atoms with Crippen LogP contribution < -0.4 is 4.90 Å². The van der Waals surface area contributed by atoms with Crippen LogP contribution in [0.15, 0.2) is 0 Å². The van der Waals surface area contributed by atoms with Crippen molar-refractivity contribution in [1.82, 2.24) is 0 Å². The summed E-state index contributed by atoms with van der Waals surface area (Å²) in [5.41, 5.74) is 0. The first-order chi connectivity index (χ1) is 7.38. The van der Waals surface area contributed by atoms with Crippen LogP contribution in [-0.4, -0.2) is 19.1 Å². The molecule has 0 amide bonds. The van der Waals surface area contributed by atoms with E-state index in [-0.39, 0.29) is 0 Å². The smallest absolute Gasteiger partial charge is 0.0874 e. The first-order valence-corrected chi connectivity index (χ1v) is 6.45. The summed E-state index contributed by atoms with van der Waals surface area (Å²) in [5.74, 6) is 0. The third-order valence-corrected chi connectivity index (χ3v) is 3.47. The summed E-state index contributed by atoms with van der Waals surface area (Å²) < 4.78 is 0. The second kappa shape index (κ2) is 9.98. The van der Waals surface area contributed by atoms with Gasteiger partial charge in [-0.05, 0) is 19.3 Å². The van der Waals surface area contributed by atoms with Gasteiger partial charge in [0.2, 0.25) is 0 Å². The van der Waals surface area contributed by atoms with Crippen LogP contribution in [0.5, 0.6) is 0 Å². The molecule has 2 atom stereocenters. The molecule has 0 aliphatic carbocycles. The molecule has 0 saturated carbocycles. The molecule has 0 spiro atoms. The van der Waals surface area contributed by atoms with Gasteiger partial charge in [-0.3, -0.25) is 0 Å². The third-order valence-electron chi connectivity index (χ3n) is 3.47. The summed E-state index contributed by atoms with van der Waals surface area (Å²) in [6, 6.07) is 1.00. The van der Waals surface area contributed by atoms with Gasteiger partial charge in [-0.2, -0.15) is 0 Å². The summed E-state index contributed by atoms with van der Waals surface area (Å²) >= 11 is 0. The van der Waals surface area contributed by atoms with Crippen LogP contribution in [0.3, 0.4) is 0 Å². The summed E-state index contributed by atoms with van der Waals surface area (Å²) in [5, 5.41) is 6.25. The van der Waals surface area contributed by atoms with E-state index in [1.165, 1.54) is 58.0 Å². The molecule has 2 heteroatoms. The van der Waals surface area contributed by atoms with Gasteiger partial charge in [0.25, 0.3) is 0 Å². The number of nitrogens with one attached hydrogen (secondary N) is 1. The lowest BCUT2D eigenvalue weighted by molar-refractivity contribution is -0.912. The lowest BCUT2D eigenvalue weighted by Crippen LogP contribution is -3.13. The van der Waals surface area contributed by atoms with E-state index in [1.54, 1.807) is 0 Å². The average molecular weight is 210 g/mol. The van der Waals surface area contributed by atoms with E-state index in [2.05, 4.69) is 13.8 Å². The molecule has 1 saturated heterocycles. The highest BCUT2D eigenvalue weighted by Gasteiger charge is 2.25.